The Kier molecular flexibility index (Phi) is 5.74. The molecule has 96 valence electrons. The number of carbonyl (C=O) groups is 1. The van der Waals surface area contributed by atoms with Crippen molar-refractivity contribution in [1.29, 1.82) is 0 Å². The maximum absolute atomic E-state index is 11.7. The van der Waals surface area contributed by atoms with E-state index in [-0.39, 0.29) is 19.6 Å². The van der Waals surface area contributed by atoms with E-state index in [0.717, 1.165) is 0 Å². The van der Waals surface area contributed by atoms with Crippen LogP contribution in [0.2, 0.25) is 0 Å². The standard InChI is InChI=1S/C9H16F3NO3/c1-8(13,7(14)15-2)6-16-5-3-4-9(10,11)12/h3-6,13H2,1-2H3. The van der Waals surface area contributed by atoms with Crippen molar-refractivity contribution in [2.24, 2.45) is 5.73 Å². The SMILES string of the molecule is COC(=O)C(C)(N)COCCCC(F)(F)F. The molecule has 0 heterocycles. The van der Waals surface area contributed by atoms with Crippen LogP contribution in [0.1, 0.15) is 19.8 Å². The van der Waals surface area contributed by atoms with Gasteiger partial charge in [0.25, 0.3) is 0 Å². The van der Waals surface area contributed by atoms with Gasteiger partial charge in [-0.15, -0.1) is 0 Å². The fraction of sp³-hybridized carbons (Fsp3) is 0.889. The Labute approximate surface area is 91.9 Å². The fourth-order valence-electron chi connectivity index (χ4n) is 0.951. The van der Waals surface area contributed by atoms with Crippen molar-refractivity contribution in [3.8, 4) is 0 Å². The minimum absolute atomic E-state index is 0.0940. The molecule has 0 amide bonds. The Bertz CT molecular complexity index is 229. The summed E-state index contributed by atoms with van der Waals surface area (Å²) in [6.07, 6.45) is -5.25. The Hall–Kier alpha value is -0.820. The molecular weight excluding hydrogens is 227 g/mol. The van der Waals surface area contributed by atoms with Gasteiger partial charge in [0.1, 0.15) is 5.54 Å². The molecule has 16 heavy (non-hydrogen) atoms. The van der Waals surface area contributed by atoms with Crippen molar-refractivity contribution < 1.29 is 27.4 Å². The van der Waals surface area contributed by atoms with Crippen molar-refractivity contribution in [3.05, 3.63) is 0 Å². The highest BCUT2D eigenvalue weighted by Crippen LogP contribution is 2.21. The maximum atomic E-state index is 11.7. The normalized spacial score (nSPS) is 15.6. The van der Waals surface area contributed by atoms with Crippen LogP contribution in [-0.2, 0) is 14.3 Å². The zero-order chi connectivity index (χ0) is 12.8. The van der Waals surface area contributed by atoms with Crippen LogP contribution in [0.3, 0.4) is 0 Å². The van der Waals surface area contributed by atoms with Crippen LogP contribution in [0.4, 0.5) is 13.2 Å². The van der Waals surface area contributed by atoms with E-state index in [1.807, 2.05) is 0 Å². The van der Waals surface area contributed by atoms with E-state index in [1.165, 1.54) is 14.0 Å². The van der Waals surface area contributed by atoms with E-state index in [4.69, 9.17) is 10.5 Å². The molecule has 0 fully saturated rings. The van der Waals surface area contributed by atoms with Gasteiger partial charge in [-0.05, 0) is 13.3 Å². The molecule has 4 nitrogen and oxygen atoms in total. The highest BCUT2D eigenvalue weighted by atomic mass is 19.4. The van der Waals surface area contributed by atoms with Gasteiger partial charge in [0, 0.05) is 13.0 Å². The third-order valence-corrected chi connectivity index (χ3v) is 1.80. The average Bonchev–Trinajstić information content (AvgIpc) is 2.14. The summed E-state index contributed by atoms with van der Waals surface area (Å²) in [6.45, 7) is 1.13. The number of alkyl halides is 3. The first-order chi connectivity index (χ1) is 7.19. The molecule has 0 aromatic heterocycles. The van der Waals surface area contributed by atoms with Crippen molar-refractivity contribution in [1.82, 2.24) is 0 Å². The number of carbonyl (C=O) groups excluding carboxylic acids is 1. The molecule has 7 heteroatoms. The lowest BCUT2D eigenvalue weighted by molar-refractivity contribution is -0.150. The van der Waals surface area contributed by atoms with E-state index in [1.54, 1.807) is 0 Å². The van der Waals surface area contributed by atoms with Gasteiger partial charge >= 0.3 is 12.1 Å². The third kappa shape index (κ3) is 6.62. The zero-order valence-corrected chi connectivity index (χ0v) is 9.26. The maximum Gasteiger partial charge on any atom is 0.389 e. The smallest absolute Gasteiger partial charge is 0.389 e. The summed E-state index contributed by atoms with van der Waals surface area (Å²) >= 11 is 0. The second-order valence-electron chi connectivity index (χ2n) is 3.68. The summed E-state index contributed by atoms with van der Waals surface area (Å²) in [4.78, 5) is 11.0. The van der Waals surface area contributed by atoms with Crippen LogP contribution in [0.5, 0.6) is 0 Å². The zero-order valence-electron chi connectivity index (χ0n) is 9.26. The number of halogens is 3. The van der Waals surface area contributed by atoms with Gasteiger partial charge in [0.2, 0.25) is 0 Å². The Morgan fingerprint density at radius 2 is 1.94 bits per heavy atom. The number of ether oxygens (including phenoxy) is 2. The Morgan fingerprint density at radius 1 is 1.38 bits per heavy atom. The number of methoxy groups -OCH3 is 1. The lowest BCUT2D eigenvalue weighted by Gasteiger charge is -2.21. The first-order valence-corrected chi connectivity index (χ1v) is 4.71. The van der Waals surface area contributed by atoms with Crippen LogP contribution in [0.15, 0.2) is 0 Å². The van der Waals surface area contributed by atoms with Gasteiger partial charge < -0.3 is 15.2 Å². The monoisotopic (exact) mass is 243 g/mol. The second-order valence-corrected chi connectivity index (χ2v) is 3.68. The van der Waals surface area contributed by atoms with Crippen LogP contribution < -0.4 is 5.73 Å². The number of nitrogens with two attached hydrogens (primary N) is 1. The average molecular weight is 243 g/mol. The predicted octanol–water partition coefficient (Wildman–Crippen LogP) is 1.24. The lowest BCUT2D eigenvalue weighted by Crippen LogP contribution is -2.49. The minimum Gasteiger partial charge on any atom is -0.468 e. The van der Waals surface area contributed by atoms with E-state index in [9.17, 15) is 18.0 Å². The highest BCUT2D eigenvalue weighted by Gasteiger charge is 2.30. The topological polar surface area (TPSA) is 61.5 Å². The van der Waals surface area contributed by atoms with Gasteiger partial charge in [0.15, 0.2) is 0 Å². The molecule has 1 unspecified atom stereocenters. The van der Waals surface area contributed by atoms with Gasteiger partial charge in [-0.1, -0.05) is 0 Å². The third-order valence-electron chi connectivity index (χ3n) is 1.80. The molecule has 0 aliphatic rings. The van der Waals surface area contributed by atoms with E-state index in [0.29, 0.717) is 0 Å². The number of rotatable bonds is 6. The Balaban J connectivity index is 3.70. The Morgan fingerprint density at radius 3 is 2.38 bits per heavy atom. The van der Waals surface area contributed by atoms with Gasteiger partial charge in [-0.25, -0.2) is 4.79 Å². The largest absolute Gasteiger partial charge is 0.468 e. The fourth-order valence-corrected chi connectivity index (χ4v) is 0.951. The van der Waals surface area contributed by atoms with Crippen LogP contribution >= 0.6 is 0 Å². The predicted molar refractivity (Wildman–Crippen MR) is 50.7 cm³/mol. The highest BCUT2D eigenvalue weighted by molar-refractivity contribution is 5.80. The number of hydrogen-bond donors (Lipinski definition) is 1. The summed E-state index contributed by atoms with van der Waals surface area (Å²) in [7, 11) is 1.18. The van der Waals surface area contributed by atoms with Crippen LogP contribution in [0, 0.1) is 0 Å². The van der Waals surface area contributed by atoms with Crippen molar-refractivity contribution in [2.45, 2.75) is 31.5 Å². The first kappa shape index (κ1) is 15.2. The van der Waals surface area contributed by atoms with E-state index >= 15 is 0 Å². The molecule has 0 aromatic rings. The second kappa shape index (κ2) is 6.05. The summed E-state index contributed by atoms with van der Waals surface area (Å²) in [5.74, 6) is -0.664. The van der Waals surface area contributed by atoms with Gasteiger partial charge in [0.05, 0.1) is 13.7 Å². The molecule has 0 saturated carbocycles. The van der Waals surface area contributed by atoms with Crippen molar-refractivity contribution >= 4 is 5.97 Å². The summed E-state index contributed by atoms with van der Waals surface area (Å²) < 4.78 is 44.5. The quantitative estimate of drug-likeness (QED) is 0.563. The molecule has 0 aromatic carbocycles. The van der Waals surface area contributed by atoms with Gasteiger partial charge in [-0.3, -0.25) is 0 Å². The molecule has 0 rings (SSSR count). The molecule has 2 N–H and O–H groups in total. The lowest BCUT2D eigenvalue weighted by atomic mass is 10.1. The van der Waals surface area contributed by atoms with Crippen LogP contribution in [0.25, 0.3) is 0 Å². The van der Waals surface area contributed by atoms with E-state index < -0.39 is 24.1 Å². The molecule has 0 bridgehead atoms. The summed E-state index contributed by atoms with van der Waals surface area (Å²) in [5.41, 5.74) is 4.19. The first-order valence-electron chi connectivity index (χ1n) is 4.71. The van der Waals surface area contributed by atoms with Crippen LogP contribution in [-0.4, -0.2) is 38.0 Å². The van der Waals surface area contributed by atoms with Crippen molar-refractivity contribution in [2.75, 3.05) is 20.3 Å². The molecule has 0 aliphatic heterocycles. The molecule has 0 aliphatic carbocycles. The van der Waals surface area contributed by atoms with E-state index in [2.05, 4.69) is 4.74 Å². The molecular formula is C9H16F3NO3. The summed E-state index contributed by atoms with van der Waals surface area (Å²) in [6, 6.07) is 0. The molecule has 1 atom stereocenters. The van der Waals surface area contributed by atoms with Crippen molar-refractivity contribution in [3.63, 3.8) is 0 Å². The molecule has 0 saturated heterocycles. The number of esters is 1. The summed E-state index contributed by atoms with van der Waals surface area (Å²) in [5, 5.41) is 0. The van der Waals surface area contributed by atoms with Gasteiger partial charge in [-0.2, -0.15) is 13.2 Å². The minimum atomic E-state index is -4.18. The number of hydrogen-bond acceptors (Lipinski definition) is 4. The molecule has 0 spiro atoms. The molecule has 0 radical (unpaired) electrons.